The normalized spacial score (nSPS) is 24.3. The maximum Gasteiger partial charge on any atom is 0.238 e. The maximum absolute atomic E-state index is 12.9. The third kappa shape index (κ3) is 3.37. The van der Waals surface area contributed by atoms with Gasteiger partial charge in [0, 0.05) is 18.0 Å². The zero-order chi connectivity index (χ0) is 19.1. The zero-order valence-electron chi connectivity index (χ0n) is 14.9. The lowest BCUT2D eigenvalue weighted by atomic mass is 9.74. The molecule has 6 heteroatoms. The van der Waals surface area contributed by atoms with E-state index in [1.165, 1.54) is 6.20 Å². The molecule has 2 aromatic rings. The fraction of sp³-hybridized carbons (Fsp3) is 0.381. The highest BCUT2D eigenvalue weighted by Gasteiger charge is 2.47. The molecule has 1 aromatic heterocycles. The summed E-state index contributed by atoms with van der Waals surface area (Å²) in [6, 6.07) is 7.06. The third-order valence-corrected chi connectivity index (χ3v) is 6.08. The summed E-state index contributed by atoms with van der Waals surface area (Å²) in [5, 5.41) is 0.717. The van der Waals surface area contributed by atoms with E-state index in [2.05, 4.69) is 4.98 Å². The lowest BCUT2D eigenvalue weighted by molar-refractivity contribution is -0.135. The molecule has 0 saturated heterocycles. The highest BCUT2D eigenvalue weighted by atomic mass is 35.5. The molecule has 2 bridgehead atoms. The van der Waals surface area contributed by atoms with E-state index < -0.39 is 5.92 Å². The zero-order valence-corrected chi connectivity index (χ0v) is 16.4. The van der Waals surface area contributed by atoms with Crippen molar-refractivity contribution in [1.82, 2.24) is 4.98 Å². The fourth-order valence-corrected chi connectivity index (χ4v) is 4.65. The molecule has 0 radical (unpaired) electrons. The Kier molecular flexibility index (Phi) is 4.95. The number of Topliss-reactive ketones (excluding diaryl/α,β-unsaturated/α-hetero) is 2. The van der Waals surface area contributed by atoms with Crippen molar-refractivity contribution in [2.24, 2.45) is 11.8 Å². The van der Waals surface area contributed by atoms with Crippen LogP contribution in [0.4, 0.5) is 0 Å². The summed E-state index contributed by atoms with van der Waals surface area (Å²) >= 11 is 12.0. The minimum absolute atomic E-state index is 0.0133. The number of aromatic nitrogens is 1. The van der Waals surface area contributed by atoms with Crippen molar-refractivity contribution in [3.63, 3.8) is 0 Å². The lowest BCUT2D eigenvalue weighted by Gasteiger charge is -2.27. The molecule has 0 amide bonds. The molecule has 4 rings (SSSR count). The van der Waals surface area contributed by atoms with Crippen LogP contribution in [-0.2, 0) is 16.0 Å². The van der Waals surface area contributed by atoms with Gasteiger partial charge in [0.2, 0.25) is 5.88 Å². The van der Waals surface area contributed by atoms with Gasteiger partial charge in [-0.15, -0.1) is 0 Å². The number of nitrogens with zero attached hydrogens (tertiary/aromatic N) is 1. The van der Waals surface area contributed by atoms with Crippen molar-refractivity contribution >= 4 is 34.8 Å². The van der Waals surface area contributed by atoms with Crippen molar-refractivity contribution in [3.8, 4) is 11.6 Å². The molecule has 2 saturated carbocycles. The van der Waals surface area contributed by atoms with Crippen LogP contribution in [0.1, 0.15) is 43.2 Å². The topological polar surface area (TPSA) is 56.3 Å². The van der Waals surface area contributed by atoms with Crippen LogP contribution >= 0.6 is 23.2 Å². The van der Waals surface area contributed by atoms with Crippen LogP contribution in [0, 0.1) is 11.8 Å². The Hall–Kier alpha value is -1.91. The van der Waals surface area contributed by atoms with Crippen LogP contribution in [0.5, 0.6) is 11.6 Å². The monoisotopic (exact) mass is 403 g/mol. The Morgan fingerprint density at radius 3 is 2.44 bits per heavy atom. The molecule has 0 N–H and O–H groups in total. The van der Waals surface area contributed by atoms with E-state index in [9.17, 15) is 9.59 Å². The number of aryl methyl sites for hydroxylation is 1. The summed E-state index contributed by atoms with van der Waals surface area (Å²) in [6.07, 6.45) is 4.56. The van der Waals surface area contributed by atoms with Gasteiger partial charge in [0.25, 0.3) is 0 Å². The van der Waals surface area contributed by atoms with E-state index in [1.807, 2.05) is 13.0 Å². The quantitative estimate of drug-likeness (QED) is 0.641. The molecule has 27 heavy (non-hydrogen) atoms. The van der Waals surface area contributed by atoms with Crippen molar-refractivity contribution in [3.05, 3.63) is 51.6 Å². The number of hydrogen-bond acceptors (Lipinski definition) is 4. The predicted molar refractivity (Wildman–Crippen MR) is 104 cm³/mol. The Balaban J connectivity index is 1.71. The second-order valence-electron chi connectivity index (χ2n) is 7.20. The first kappa shape index (κ1) is 18.5. The Bertz CT molecular complexity index is 906. The average Bonchev–Trinajstić information content (AvgIpc) is 3.10. The van der Waals surface area contributed by atoms with Crippen LogP contribution in [-0.4, -0.2) is 16.6 Å². The van der Waals surface area contributed by atoms with E-state index in [4.69, 9.17) is 27.9 Å². The van der Waals surface area contributed by atoms with E-state index in [0.29, 0.717) is 15.8 Å². The van der Waals surface area contributed by atoms with Gasteiger partial charge in [-0.2, -0.15) is 0 Å². The average molecular weight is 404 g/mol. The smallest absolute Gasteiger partial charge is 0.238 e. The third-order valence-electron chi connectivity index (χ3n) is 5.60. The number of ketones is 2. The van der Waals surface area contributed by atoms with Crippen LogP contribution in [0.25, 0.3) is 0 Å². The van der Waals surface area contributed by atoms with Crippen molar-refractivity contribution in [1.29, 1.82) is 0 Å². The summed E-state index contributed by atoms with van der Waals surface area (Å²) in [6.45, 7) is 2.02. The Morgan fingerprint density at radius 1 is 1.11 bits per heavy atom. The molecule has 1 unspecified atom stereocenters. The number of benzene rings is 1. The highest BCUT2D eigenvalue weighted by molar-refractivity contribution is 6.35. The molecule has 0 aliphatic heterocycles. The SMILES string of the molecule is CCc1ccc(Oc2ncc(Cl)cc2Cl)cc1C1C(=O)[C@@H]2CC[C@@H](C2)C1=O. The molecule has 1 aromatic carbocycles. The summed E-state index contributed by atoms with van der Waals surface area (Å²) in [5.41, 5.74) is 1.75. The number of carbonyl (C=O) groups is 2. The number of pyridine rings is 1. The van der Waals surface area contributed by atoms with Gasteiger partial charge < -0.3 is 4.74 Å². The van der Waals surface area contributed by atoms with E-state index in [0.717, 1.165) is 36.8 Å². The second kappa shape index (κ2) is 7.25. The van der Waals surface area contributed by atoms with Gasteiger partial charge in [0.1, 0.15) is 16.7 Å². The molecule has 140 valence electrons. The van der Waals surface area contributed by atoms with Crippen LogP contribution in [0.15, 0.2) is 30.5 Å². The summed E-state index contributed by atoms with van der Waals surface area (Å²) in [4.78, 5) is 29.9. The van der Waals surface area contributed by atoms with Gasteiger partial charge in [-0.05, 0) is 55.0 Å². The van der Waals surface area contributed by atoms with E-state index in [1.54, 1.807) is 18.2 Å². The van der Waals surface area contributed by atoms with Gasteiger partial charge in [-0.25, -0.2) is 4.98 Å². The van der Waals surface area contributed by atoms with E-state index in [-0.39, 0.29) is 29.3 Å². The van der Waals surface area contributed by atoms with Gasteiger partial charge in [-0.1, -0.05) is 36.2 Å². The van der Waals surface area contributed by atoms with Gasteiger partial charge in [0.15, 0.2) is 11.6 Å². The van der Waals surface area contributed by atoms with Crippen molar-refractivity contribution in [2.75, 3.05) is 0 Å². The largest absolute Gasteiger partial charge is 0.438 e. The standard InChI is InChI=1S/C21H19Cl2NO3/c1-2-11-5-6-15(27-21-17(23)8-14(22)10-24-21)9-16(11)18-19(25)12-3-4-13(7-12)20(18)26/h5-6,8-10,12-13,18H,2-4,7H2,1H3/t12-,13+,18?. The molecule has 2 aliphatic carbocycles. The minimum Gasteiger partial charge on any atom is -0.438 e. The van der Waals surface area contributed by atoms with Crippen molar-refractivity contribution in [2.45, 2.75) is 38.5 Å². The molecule has 2 fully saturated rings. The molecule has 1 heterocycles. The van der Waals surface area contributed by atoms with E-state index >= 15 is 0 Å². The first-order valence-electron chi connectivity index (χ1n) is 9.17. The Morgan fingerprint density at radius 2 is 1.81 bits per heavy atom. The fourth-order valence-electron chi connectivity index (χ4n) is 4.23. The first-order valence-corrected chi connectivity index (χ1v) is 9.92. The molecule has 4 nitrogen and oxygen atoms in total. The summed E-state index contributed by atoms with van der Waals surface area (Å²) < 4.78 is 5.81. The maximum atomic E-state index is 12.9. The summed E-state index contributed by atoms with van der Waals surface area (Å²) in [5.74, 6) is 0.198. The molecule has 0 spiro atoms. The number of fused-ring (bicyclic) bond motifs is 2. The summed E-state index contributed by atoms with van der Waals surface area (Å²) in [7, 11) is 0. The molecular weight excluding hydrogens is 385 g/mol. The predicted octanol–water partition coefficient (Wildman–Crippen LogP) is 5.39. The molecule has 2 aliphatic rings. The van der Waals surface area contributed by atoms with Crippen LogP contribution < -0.4 is 4.74 Å². The van der Waals surface area contributed by atoms with Gasteiger partial charge in [0.05, 0.1) is 5.02 Å². The van der Waals surface area contributed by atoms with Gasteiger partial charge in [-0.3, -0.25) is 9.59 Å². The van der Waals surface area contributed by atoms with Gasteiger partial charge >= 0.3 is 0 Å². The number of hydrogen-bond donors (Lipinski definition) is 0. The van der Waals surface area contributed by atoms with Crippen LogP contribution in [0.2, 0.25) is 10.0 Å². The highest BCUT2D eigenvalue weighted by Crippen LogP contribution is 2.45. The molecule has 3 atom stereocenters. The number of halogens is 2. The lowest BCUT2D eigenvalue weighted by Crippen LogP contribution is -2.35. The number of rotatable bonds is 4. The minimum atomic E-state index is -0.677. The van der Waals surface area contributed by atoms with Crippen LogP contribution in [0.3, 0.4) is 0 Å². The van der Waals surface area contributed by atoms with Crippen molar-refractivity contribution < 1.29 is 14.3 Å². The first-order chi connectivity index (χ1) is 13.0. The number of ether oxygens (including phenoxy) is 1. The number of carbonyl (C=O) groups excluding carboxylic acids is 2. The second-order valence-corrected chi connectivity index (χ2v) is 8.05. The molecular formula is C21H19Cl2NO3. The Labute approximate surface area is 167 Å².